The van der Waals surface area contributed by atoms with Crippen LogP contribution in [0.2, 0.25) is 0 Å². The minimum absolute atomic E-state index is 0.0603. The monoisotopic (exact) mass is 258 g/mol. The SMILES string of the molecule is Cc1cccc(C)c1C(=O)Nc1ccc(N)c(F)c1. The number of hydrogen-bond donors (Lipinski definition) is 2. The van der Waals surface area contributed by atoms with Crippen LogP contribution in [-0.4, -0.2) is 5.91 Å². The lowest BCUT2D eigenvalue weighted by atomic mass is 10.0. The highest BCUT2D eigenvalue weighted by atomic mass is 19.1. The minimum atomic E-state index is -0.542. The van der Waals surface area contributed by atoms with E-state index in [1.54, 1.807) is 6.07 Å². The number of amides is 1. The molecule has 0 aliphatic heterocycles. The van der Waals surface area contributed by atoms with Crippen molar-refractivity contribution < 1.29 is 9.18 Å². The molecule has 0 atom stereocenters. The summed E-state index contributed by atoms with van der Waals surface area (Å²) in [7, 11) is 0. The van der Waals surface area contributed by atoms with Gasteiger partial charge in [-0.2, -0.15) is 0 Å². The van der Waals surface area contributed by atoms with Crippen LogP contribution < -0.4 is 11.1 Å². The maximum atomic E-state index is 13.3. The van der Waals surface area contributed by atoms with E-state index in [-0.39, 0.29) is 11.6 Å². The number of nitrogens with one attached hydrogen (secondary N) is 1. The summed E-state index contributed by atoms with van der Waals surface area (Å²) in [5.74, 6) is -0.793. The second kappa shape index (κ2) is 5.10. The van der Waals surface area contributed by atoms with Crippen molar-refractivity contribution in [2.75, 3.05) is 11.1 Å². The summed E-state index contributed by atoms with van der Waals surface area (Å²) in [6.45, 7) is 3.73. The van der Waals surface area contributed by atoms with Gasteiger partial charge in [-0.25, -0.2) is 4.39 Å². The Kier molecular flexibility index (Phi) is 3.51. The van der Waals surface area contributed by atoms with E-state index in [2.05, 4.69) is 5.32 Å². The highest BCUT2D eigenvalue weighted by molar-refractivity contribution is 6.06. The third kappa shape index (κ3) is 2.73. The molecule has 2 rings (SSSR count). The van der Waals surface area contributed by atoms with Crippen LogP contribution in [-0.2, 0) is 0 Å². The molecule has 0 aromatic heterocycles. The van der Waals surface area contributed by atoms with Gasteiger partial charge >= 0.3 is 0 Å². The van der Waals surface area contributed by atoms with Crippen LogP contribution in [0.1, 0.15) is 21.5 Å². The Morgan fingerprint density at radius 2 is 1.79 bits per heavy atom. The van der Waals surface area contributed by atoms with Crippen LogP contribution in [0.15, 0.2) is 36.4 Å². The lowest BCUT2D eigenvalue weighted by molar-refractivity contribution is 0.102. The third-order valence-corrected chi connectivity index (χ3v) is 2.97. The predicted octanol–water partition coefficient (Wildman–Crippen LogP) is 3.28. The molecule has 3 N–H and O–H groups in total. The molecule has 2 aromatic rings. The van der Waals surface area contributed by atoms with Crippen molar-refractivity contribution in [3.05, 3.63) is 58.9 Å². The lowest BCUT2D eigenvalue weighted by Gasteiger charge is -2.10. The molecule has 4 heteroatoms. The topological polar surface area (TPSA) is 55.1 Å². The summed E-state index contributed by atoms with van der Waals surface area (Å²) in [5, 5.41) is 2.67. The van der Waals surface area contributed by atoms with E-state index in [1.807, 2.05) is 32.0 Å². The van der Waals surface area contributed by atoms with E-state index in [0.717, 1.165) is 11.1 Å². The molecule has 0 saturated carbocycles. The molecule has 0 aliphatic rings. The van der Waals surface area contributed by atoms with Gasteiger partial charge in [-0.3, -0.25) is 4.79 Å². The molecule has 0 unspecified atom stereocenters. The number of aryl methyl sites for hydroxylation is 2. The molecule has 2 aromatic carbocycles. The van der Waals surface area contributed by atoms with Gasteiger partial charge in [-0.15, -0.1) is 0 Å². The number of carbonyl (C=O) groups excluding carboxylic acids is 1. The van der Waals surface area contributed by atoms with Gasteiger partial charge < -0.3 is 11.1 Å². The number of nitrogens with two attached hydrogens (primary N) is 1. The fourth-order valence-electron chi connectivity index (χ4n) is 1.97. The van der Waals surface area contributed by atoms with Crippen LogP contribution in [0.4, 0.5) is 15.8 Å². The molecule has 0 saturated heterocycles. The molecule has 0 bridgehead atoms. The first-order chi connectivity index (χ1) is 8.99. The van der Waals surface area contributed by atoms with Gasteiger partial charge in [0.25, 0.3) is 5.91 Å². The second-order valence-electron chi connectivity index (χ2n) is 4.46. The van der Waals surface area contributed by atoms with Gasteiger partial charge in [0.05, 0.1) is 5.69 Å². The van der Waals surface area contributed by atoms with Crippen molar-refractivity contribution >= 4 is 17.3 Å². The third-order valence-electron chi connectivity index (χ3n) is 2.97. The van der Waals surface area contributed by atoms with Crippen LogP contribution in [0.3, 0.4) is 0 Å². The average molecular weight is 258 g/mol. The Hall–Kier alpha value is -2.36. The molecule has 0 heterocycles. The van der Waals surface area contributed by atoms with E-state index in [9.17, 15) is 9.18 Å². The number of rotatable bonds is 2. The predicted molar refractivity (Wildman–Crippen MR) is 74.7 cm³/mol. The van der Waals surface area contributed by atoms with Gasteiger partial charge in [0, 0.05) is 11.3 Å². The maximum absolute atomic E-state index is 13.3. The number of benzene rings is 2. The Bertz CT molecular complexity index is 618. The first-order valence-electron chi connectivity index (χ1n) is 5.91. The molecule has 0 radical (unpaired) electrons. The maximum Gasteiger partial charge on any atom is 0.256 e. The van der Waals surface area contributed by atoms with Crippen LogP contribution in [0.25, 0.3) is 0 Å². The van der Waals surface area contributed by atoms with Gasteiger partial charge in [-0.05, 0) is 43.2 Å². The molecule has 3 nitrogen and oxygen atoms in total. The van der Waals surface area contributed by atoms with Gasteiger partial charge in [0.15, 0.2) is 0 Å². The van der Waals surface area contributed by atoms with E-state index in [4.69, 9.17) is 5.73 Å². The molecular weight excluding hydrogens is 243 g/mol. The second-order valence-corrected chi connectivity index (χ2v) is 4.46. The largest absolute Gasteiger partial charge is 0.396 e. The smallest absolute Gasteiger partial charge is 0.256 e. The van der Waals surface area contributed by atoms with E-state index >= 15 is 0 Å². The van der Waals surface area contributed by atoms with Crippen molar-refractivity contribution in [3.8, 4) is 0 Å². The summed E-state index contributed by atoms with van der Waals surface area (Å²) >= 11 is 0. The average Bonchev–Trinajstić information content (AvgIpc) is 2.33. The Morgan fingerprint density at radius 1 is 1.16 bits per heavy atom. The number of anilines is 2. The molecule has 1 amide bonds. The molecule has 0 aliphatic carbocycles. The standard InChI is InChI=1S/C15H15FN2O/c1-9-4-3-5-10(2)14(9)15(19)18-11-6-7-13(17)12(16)8-11/h3-8H,17H2,1-2H3,(H,18,19). The van der Waals surface area contributed by atoms with E-state index < -0.39 is 5.82 Å². The zero-order chi connectivity index (χ0) is 14.0. The fraction of sp³-hybridized carbons (Fsp3) is 0.133. The highest BCUT2D eigenvalue weighted by Crippen LogP contribution is 2.19. The Balaban J connectivity index is 2.28. The summed E-state index contributed by atoms with van der Waals surface area (Å²) in [6, 6.07) is 9.84. The fourth-order valence-corrected chi connectivity index (χ4v) is 1.97. The van der Waals surface area contributed by atoms with Gasteiger partial charge in [0.1, 0.15) is 5.82 Å². The van der Waals surface area contributed by atoms with Crippen molar-refractivity contribution in [1.29, 1.82) is 0 Å². The molecule has 19 heavy (non-hydrogen) atoms. The number of halogens is 1. The van der Waals surface area contributed by atoms with Crippen molar-refractivity contribution in [2.45, 2.75) is 13.8 Å². The quantitative estimate of drug-likeness (QED) is 0.812. The van der Waals surface area contributed by atoms with Crippen LogP contribution in [0.5, 0.6) is 0 Å². The number of hydrogen-bond acceptors (Lipinski definition) is 2. The van der Waals surface area contributed by atoms with E-state index in [0.29, 0.717) is 11.3 Å². The first kappa shape index (κ1) is 13.1. The van der Waals surface area contributed by atoms with Gasteiger partial charge in [0.2, 0.25) is 0 Å². The summed E-state index contributed by atoms with van der Waals surface area (Å²) in [5.41, 5.74) is 8.22. The normalized spacial score (nSPS) is 10.3. The molecule has 0 spiro atoms. The van der Waals surface area contributed by atoms with Crippen molar-refractivity contribution in [2.24, 2.45) is 0 Å². The van der Waals surface area contributed by atoms with Crippen LogP contribution in [0, 0.1) is 19.7 Å². The Labute approximate surface area is 111 Å². The first-order valence-corrected chi connectivity index (χ1v) is 5.91. The van der Waals surface area contributed by atoms with Crippen molar-refractivity contribution in [3.63, 3.8) is 0 Å². The number of nitrogen functional groups attached to an aromatic ring is 1. The molecule has 0 fully saturated rings. The Morgan fingerprint density at radius 3 is 2.37 bits per heavy atom. The van der Waals surface area contributed by atoms with E-state index in [1.165, 1.54) is 12.1 Å². The van der Waals surface area contributed by atoms with Crippen LogP contribution >= 0.6 is 0 Å². The summed E-state index contributed by atoms with van der Waals surface area (Å²) in [6.07, 6.45) is 0. The zero-order valence-corrected chi connectivity index (χ0v) is 10.8. The zero-order valence-electron chi connectivity index (χ0n) is 10.8. The lowest BCUT2D eigenvalue weighted by Crippen LogP contribution is -2.15. The number of carbonyl (C=O) groups is 1. The van der Waals surface area contributed by atoms with Gasteiger partial charge in [-0.1, -0.05) is 18.2 Å². The molecular formula is C15H15FN2O. The van der Waals surface area contributed by atoms with Crippen molar-refractivity contribution in [1.82, 2.24) is 0 Å². The summed E-state index contributed by atoms with van der Waals surface area (Å²) < 4.78 is 13.3. The highest BCUT2D eigenvalue weighted by Gasteiger charge is 2.12. The minimum Gasteiger partial charge on any atom is -0.396 e. The summed E-state index contributed by atoms with van der Waals surface area (Å²) in [4.78, 5) is 12.2. The molecule has 98 valence electrons.